The third kappa shape index (κ3) is 2.15. The quantitative estimate of drug-likeness (QED) is 0.742. The van der Waals surface area contributed by atoms with Gasteiger partial charge in [0.1, 0.15) is 0 Å². The summed E-state index contributed by atoms with van der Waals surface area (Å²) in [5, 5.41) is 3.29. The fourth-order valence-corrected chi connectivity index (χ4v) is 3.61. The smallest absolute Gasteiger partial charge is 0.230 e. The van der Waals surface area contributed by atoms with Crippen LogP contribution in [0.3, 0.4) is 0 Å². The van der Waals surface area contributed by atoms with E-state index in [4.69, 9.17) is 0 Å². The molecule has 0 aliphatic carbocycles. The topological polar surface area (TPSA) is 49.4 Å². The van der Waals surface area contributed by atoms with Crippen molar-refractivity contribution in [3.8, 4) is 0 Å². The summed E-state index contributed by atoms with van der Waals surface area (Å²) < 4.78 is 11.3. The molecule has 92 valence electrons. The Kier molecular flexibility index (Phi) is 3.64. The number of nitrogens with zero attached hydrogens (tertiary/aromatic N) is 1. The number of carbonyl (C=O) groups is 1. The van der Waals surface area contributed by atoms with Crippen molar-refractivity contribution in [1.29, 1.82) is 0 Å². The lowest BCUT2D eigenvalue weighted by molar-refractivity contribution is -0.141. The van der Waals surface area contributed by atoms with Crippen LogP contribution in [-0.2, 0) is 15.6 Å². The van der Waals surface area contributed by atoms with E-state index in [0.717, 1.165) is 25.9 Å². The number of hydrogen-bond acceptors (Lipinski definition) is 3. The largest absolute Gasteiger partial charge is 0.340 e. The van der Waals surface area contributed by atoms with Gasteiger partial charge in [0.15, 0.2) is 0 Å². The summed E-state index contributed by atoms with van der Waals surface area (Å²) in [5.41, 5.74) is -0.182. The molecule has 2 saturated heterocycles. The lowest BCUT2D eigenvalue weighted by Crippen LogP contribution is -2.50. The van der Waals surface area contributed by atoms with Crippen LogP contribution >= 0.6 is 0 Å². The van der Waals surface area contributed by atoms with Crippen LogP contribution in [0.25, 0.3) is 0 Å². The standard InChI is InChI=1S/C11H20N2O2S/c1-2-11(3-4-12-9-11)10(14)13-5-7-16(15)8-6-13/h12H,2-9H2,1H3. The van der Waals surface area contributed by atoms with E-state index >= 15 is 0 Å². The van der Waals surface area contributed by atoms with Crippen molar-refractivity contribution in [3.05, 3.63) is 0 Å². The summed E-state index contributed by atoms with van der Waals surface area (Å²) in [6, 6.07) is 0. The first-order valence-electron chi connectivity index (χ1n) is 6.03. The molecule has 1 N–H and O–H groups in total. The molecular formula is C11H20N2O2S. The normalized spacial score (nSPS) is 31.9. The Morgan fingerprint density at radius 2 is 2.12 bits per heavy atom. The third-order valence-corrected chi connectivity index (χ3v) is 5.11. The SMILES string of the molecule is CCC1(C(=O)N2CCS(=O)CC2)CCNC1. The Labute approximate surface area is 99.2 Å². The van der Waals surface area contributed by atoms with E-state index in [1.807, 2.05) is 4.90 Å². The highest BCUT2D eigenvalue weighted by atomic mass is 32.2. The lowest BCUT2D eigenvalue weighted by atomic mass is 9.82. The number of carbonyl (C=O) groups excluding carboxylic acids is 1. The molecule has 0 spiro atoms. The van der Waals surface area contributed by atoms with Crippen molar-refractivity contribution in [1.82, 2.24) is 10.2 Å². The summed E-state index contributed by atoms with van der Waals surface area (Å²) in [6.45, 7) is 5.19. The summed E-state index contributed by atoms with van der Waals surface area (Å²) in [5.74, 6) is 1.58. The maximum Gasteiger partial charge on any atom is 0.230 e. The van der Waals surface area contributed by atoms with Crippen molar-refractivity contribution in [2.24, 2.45) is 5.41 Å². The van der Waals surface area contributed by atoms with Gasteiger partial charge in [-0.15, -0.1) is 0 Å². The second kappa shape index (κ2) is 4.84. The molecule has 0 aromatic rings. The number of rotatable bonds is 2. The minimum absolute atomic E-state index is 0.182. The summed E-state index contributed by atoms with van der Waals surface area (Å²) >= 11 is 0. The van der Waals surface area contributed by atoms with Crippen LogP contribution in [0.4, 0.5) is 0 Å². The van der Waals surface area contributed by atoms with Crippen LogP contribution in [0.1, 0.15) is 19.8 Å². The van der Waals surface area contributed by atoms with E-state index in [1.54, 1.807) is 0 Å². The fourth-order valence-electron chi connectivity index (χ4n) is 2.56. The zero-order chi connectivity index (χ0) is 11.6. The molecule has 0 aromatic heterocycles. The molecule has 0 saturated carbocycles. The van der Waals surface area contributed by atoms with E-state index in [2.05, 4.69) is 12.2 Å². The summed E-state index contributed by atoms with van der Waals surface area (Å²) in [7, 11) is -0.704. The predicted molar refractivity (Wildman–Crippen MR) is 64.7 cm³/mol. The minimum Gasteiger partial charge on any atom is -0.340 e. The first kappa shape index (κ1) is 12.0. The molecule has 0 aromatic carbocycles. The predicted octanol–water partition coefficient (Wildman–Crippen LogP) is -0.0330. The monoisotopic (exact) mass is 244 g/mol. The molecule has 16 heavy (non-hydrogen) atoms. The molecule has 2 rings (SSSR count). The van der Waals surface area contributed by atoms with Gasteiger partial charge in [-0.1, -0.05) is 6.92 Å². The Morgan fingerprint density at radius 3 is 2.62 bits per heavy atom. The summed E-state index contributed by atoms with van der Waals surface area (Å²) in [6.07, 6.45) is 1.85. The van der Waals surface area contributed by atoms with E-state index in [9.17, 15) is 9.00 Å². The van der Waals surface area contributed by atoms with Crippen LogP contribution in [-0.4, -0.2) is 52.7 Å². The van der Waals surface area contributed by atoms with Crippen molar-refractivity contribution < 1.29 is 9.00 Å². The molecule has 2 aliphatic rings. The highest BCUT2D eigenvalue weighted by Crippen LogP contribution is 2.32. The van der Waals surface area contributed by atoms with E-state index < -0.39 is 10.8 Å². The van der Waals surface area contributed by atoms with Gasteiger partial charge in [-0.25, -0.2) is 0 Å². The van der Waals surface area contributed by atoms with Gasteiger partial charge < -0.3 is 10.2 Å². The van der Waals surface area contributed by atoms with Gasteiger partial charge in [0.25, 0.3) is 0 Å². The second-order valence-corrected chi connectivity index (χ2v) is 6.40. The molecule has 5 heteroatoms. The van der Waals surface area contributed by atoms with Gasteiger partial charge in [-0.05, 0) is 19.4 Å². The molecule has 1 unspecified atom stereocenters. The second-order valence-electron chi connectivity index (χ2n) is 4.70. The van der Waals surface area contributed by atoms with Crippen LogP contribution in [0.5, 0.6) is 0 Å². The molecule has 1 amide bonds. The minimum atomic E-state index is -0.704. The van der Waals surface area contributed by atoms with Crippen LogP contribution in [0.2, 0.25) is 0 Å². The zero-order valence-electron chi connectivity index (χ0n) is 9.83. The molecule has 1 atom stereocenters. The molecule has 2 aliphatic heterocycles. The van der Waals surface area contributed by atoms with Gasteiger partial charge in [-0.3, -0.25) is 9.00 Å². The molecule has 0 bridgehead atoms. The first-order chi connectivity index (χ1) is 7.68. The van der Waals surface area contributed by atoms with Gasteiger partial charge >= 0.3 is 0 Å². The maximum absolute atomic E-state index is 12.4. The highest BCUT2D eigenvalue weighted by molar-refractivity contribution is 7.85. The fraction of sp³-hybridized carbons (Fsp3) is 0.909. The van der Waals surface area contributed by atoms with E-state index in [1.165, 1.54) is 0 Å². The summed E-state index contributed by atoms with van der Waals surface area (Å²) in [4.78, 5) is 14.4. The van der Waals surface area contributed by atoms with E-state index in [-0.39, 0.29) is 11.3 Å². The lowest BCUT2D eigenvalue weighted by Gasteiger charge is -2.35. The molecule has 2 fully saturated rings. The molecule has 4 nitrogen and oxygen atoms in total. The van der Waals surface area contributed by atoms with Gasteiger partial charge in [0, 0.05) is 41.9 Å². The Bertz CT molecular complexity index is 290. The van der Waals surface area contributed by atoms with Gasteiger partial charge in [0.2, 0.25) is 5.91 Å². The number of nitrogens with one attached hydrogen (secondary N) is 1. The van der Waals surface area contributed by atoms with Crippen molar-refractivity contribution in [2.45, 2.75) is 19.8 Å². The van der Waals surface area contributed by atoms with Gasteiger partial charge in [0.05, 0.1) is 5.41 Å². The van der Waals surface area contributed by atoms with Gasteiger partial charge in [-0.2, -0.15) is 0 Å². The molecular weight excluding hydrogens is 224 g/mol. The Morgan fingerprint density at radius 1 is 1.44 bits per heavy atom. The molecule has 0 radical (unpaired) electrons. The van der Waals surface area contributed by atoms with Crippen molar-refractivity contribution >= 4 is 16.7 Å². The van der Waals surface area contributed by atoms with Crippen molar-refractivity contribution in [2.75, 3.05) is 37.7 Å². The number of hydrogen-bond donors (Lipinski definition) is 1. The first-order valence-corrected chi connectivity index (χ1v) is 7.52. The van der Waals surface area contributed by atoms with Crippen LogP contribution in [0, 0.1) is 5.41 Å². The maximum atomic E-state index is 12.4. The molecule has 2 heterocycles. The number of amides is 1. The zero-order valence-corrected chi connectivity index (χ0v) is 10.6. The highest BCUT2D eigenvalue weighted by Gasteiger charge is 2.42. The van der Waals surface area contributed by atoms with Crippen LogP contribution < -0.4 is 5.32 Å². The van der Waals surface area contributed by atoms with E-state index in [0.29, 0.717) is 24.6 Å². The third-order valence-electron chi connectivity index (χ3n) is 3.84. The average Bonchev–Trinajstić information content (AvgIpc) is 2.79. The Hall–Kier alpha value is -0.420. The average molecular weight is 244 g/mol. The van der Waals surface area contributed by atoms with Crippen LogP contribution in [0.15, 0.2) is 0 Å². The van der Waals surface area contributed by atoms with Crippen molar-refractivity contribution in [3.63, 3.8) is 0 Å². The Balaban J connectivity index is 2.03.